The van der Waals surface area contributed by atoms with Gasteiger partial charge < -0.3 is 14.6 Å². The van der Waals surface area contributed by atoms with Crippen molar-refractivity contribution in [1.82, 2.24) is 0 Å². The number of azo groups is 5. The summed E-state index contributed by atoms with van der Waals surface area (Å²) in [7, 11) is -7.21. The van der Waals surface area contributed by atoms with Gasteiger partial charge in [-0.1, -0.05) is 18.2 Å². The van der Waals surface area contributed by atoms with Crippen molar-refractivity contribution in [3.05, 3.63) is 143 Å². The van der Waals surface area contributed by atoms with Gasteiger partial charge in [0.15, 0.2) is 5.75 Å². The molecule has 0 saturated carbocycles. The number of fused-ring (bicyclic) bond motifs is 1. The highest BCUT2D eigenvalue weighted by molar-refractivity contribution is 7.86. The van der Waals surface area contributed by atoms with Crippen LogP contribution in [0.1, 0.15) is 34.2 Å². The van der Waals surface area contributed by atoms with Crippen LogP contribution in [0.25, 0.3) is 10.8 Å². The van der Waals surface area contributed by atoms with Crippen LogP contribution < -0.4 is 9.47 Å². The van der Waals surface area contributed by atoms with E-state index in [0.29, 0.717) is 50.8 Å². The van der Waals surface area contributed by atoms with Crippen molar-refractivity contribution >= 4 is 87.9 Å². The topological polar surface area (TPSA) is 271 Å². The molecular formula is C49H46N10O9S2. The molecule has 0 spiro atoms. The molecule has 0 aliphatic heterocycles. The van der Waals surface area contributed by atoms with Gasteiger partial charge in [-0.3, -0.25) is 9.11 Å². The molecule has 0 fully saturated rings. The lowest BCUT2D eigenvalue weighted by molar-refractivity contribution is 0.317. The second kappa shape index (κ2) is 21.5. The number of ether oxygens (including phenoxy) is 2. The highest BCUT2D eigenvalue weighted by Gasteiger charge is 2.16. The third kappa shape index (κ3) is 12.8. The van der Waals surface area contributed by atoms with E-state index >= 15 is 0 Å². The number of phenolic OH excluding ortho intramolecular Hbond substituents is 1. The van der Waals surface area contributed by atoms with E-state index in [-0.39, 0.29) is 41.6 Å². The highest BCUT2D eigenvalue weighted by Crippen LogP contribution is 2.41. The fourth-order valence-corrected chi connectivity index (χ4v) is 7.88. The number of benzene rings is 7. The van der Waals surface area contributed by atoms with Crippen LogP contribution in [0.2, 0.25) is 0 Å². The zero-order chi connectivity index (χ0) is 50.2. The van der Waals surface area contributed by atoms with Gasteiger partial charge in [0.1, 0.15) is 33.5 Å². The van der Waals surface area contributed by atoms with Crippen molar-refractivity contribution in [2.45, 2.75) is 45.9 Å². The summed E-state index contributed by atoms with van der Waals surface area (Å²) in [4.78, 5) is -0.426. The predicted molar refractivity (Wildman–Crippen MR) is 265 cm³/mol. The maximum atomic E-state index is 11.9. The van der Waals surface area contributed by atoms with E-state index in [9.17, 15) is 31.0 Å². The summed E-state index contributed by atoms with van der Waals surface area (Å²) in [5.74, 6) is 0.340. The maximum absolute atomic E-state index is 11.9. The molecule has 0 aliphatic carbocycles. The summed E-state index contributed by atoms with van der Waals surface area (Å²) in [5, 5.41) is 56.2. The minimum Gasteiger partial charge on any atom is -0.505 e. The lowest BCUT2D eigenvalue weighted by atomic mass is 10.1. The van der Waals surface area contributed by atoms with E-state index in [2.05, 4.69) is 51.1 Å². The van der Waals surface area contributed by atoms with Gasteiger partial charge in [-0.15, -0.1) is 15.3 Å². The average Bonchev–Trinajstić information content (AvgIpc) is 3.32. The van der Waals surface area contributed by atoms with E-state index in [1.807, 2.05) is 70.2 Å². The van der Waals surface area contributed by atoms with Gasteiger partial charge in [0.05, 0.1) is 59.3 Å². The first-order chi connectivity index (χ1) is 33.3. The zero-order valence-corrected chi connectivity index (χ0v) is 40.3. The van der Waals surface area contributed by atoms with Crippen LogP contribution >= 0.6 is 0 Å². The molecule has 0 unspecified atom stereocenters. The molecule has 7 rings (SSSR count). The van der Waals surface area contributed by atoms with Crippen LogP contribution in [0.3, 0.4) is 0 Å². The van der Waals surface area contributed by atoms with Crippen LogP contribution in [0.4, 0.5) is 56.9 Å². The Morgan fingerprint density at radius 2 is 0.957 bits per heavy atom. The number of rotatable bonds is 17. The van der Waals surface area contributed by atoms with Crippen LogP contribution in [0.5, 0.6) is 17.2 Å². The molecule has 0 heterocycles. The number of nitrogens with zero attached hydrogens (tertiary/aromatic N) is 10. The van der Waals surface area contributed by atoms with Crippen LogP contribution in [-0.2, 0) is 20.2 Å². The smallest absolute Gasteiger partial charge is 0.296 e. The Balaban J connectivity index is 1.06. The van der Waals surface area contributed by atoms with Gasteiger partial charge in [0, 0.05) is 11.5 Å². The van der Waals surface area contributed by atoms with E-state index in [0.717, 1.165) is 33.4 Å². The highest BCUT2D eigenvalue weighted by atomic mass is 32.2. The lowest BCUT2D eigenvalue weighted by Crippen LogP contribution is -2.08. The Kier molecular flexibility index (Phi) is 15.4. The van der Waals surface area contributed by atoms with E-state index in [4.69, 9.17) is 9.47 Å². The summed E-state index contributed by atoms with van der Waals surface area (Å²) in [6.45, 7) is 9.07. The molecule has 0 saturated heterocycles. The number of aryl methyl sites for hydroxylation is 5. The monoisotopic (exact) mass is 982 g/mol. The molecule has 0 radical (unpaired) electrons. The zero-order valence-electron chi connectivity index (χ0n) is 38.7. The molecule has 0 aliphatic rings. The minimum atomic E-state index is -4.58. The fourth-order valence-electron chi connectivity index (χ4n) is 6.77. The van der Waals surface area contributed by atoms with Gasteiger partial charge >= 0.3 is 0 Å². The molecule has 3 N–H and O–H groups in total. The first kappa shape index (κ1) is 49.9. The van der Waals surface area contributed by atoms with E-state index in [1.165, 1.54) is 30.3 Å². The van der Waals surface area contributed by atoms with Crippen molar-refractivity contribution in [2.75, 3.05) is 19.5 Å². The number of hydrogen-bond donors (Lipinski definition) is 3. The fraction of sp³-hybridized carbons (Fsp3) is 0.184. The average molecular weight is 983 g/mol. The summed E-state index contributed by atoms with van der Waals surface area (Å²) in [6, 6.07) is 32.1. The Labute approximate surface area is 403 Å². The Bertz CT molecular complexity index is 3510. The molecule has 0 atom stereocenters. The van der Waals surface area contributed by atoms with Crippen LogP contribution in [-0.4, -0.2) is 50.5 Å². The number of aromatic hydroxyl groups is 1. The van der Waals surface area contributed by atoms with Crippen molar-refractivity contribution < 1.29 is 40.5 Å². The Morgan fingerprint density at radius 1 is 0.486 bits per heavy atom. The molecule has 7 aromatic carbocycles. The van der Waals surface area contributed by atoms with Gasteiger partial charge in [0.2, 0.25) is 0 Å². The molecule has 19 nitrogen and oxygen atoms in total. The molecule has 70 heavy (non-hydrogen) atoms. The molecule has 7 aromatic rings. The van der Waals surface area contributed by atoms with Crippen molar-refractivity contribution in [3.8, 4) is 17.2 Å². The second-order valence-electron chi connectivity index (χ2n) is 15.9. The first-order valence-corrected chi connectivity index (χ1v) is 24.4. The van der Waals surface area contributed by atoms with Crippen molar-refractivity contribution in [3.63, 3.8) is 0 Å². The molecule has 358 valence electrons. The summed E-state index contributed by atoms with van der Waals surface area (Å²) >= 11 is 0. The van der Waals surface area contributed by atoms with Crippen LogP contribution in [0.15, 0.2) is 171 Å². The molecule has 0 amide bonds. The summed E-state index contributed by atoms with van der Waals surface area (Å²) < 4.78 is 76.3. The third-order valence-corrected chi connectivity index (χ3v) is 12.3. The minimum absolute atomic E-state index is 0.0158. The second-order valence-corrected chi connectivity index (χ2v) is 18.9. The van der Waals surface area contributed by atoms with Gasteiger partial charge in [-0.2, -0.15) is 52.6 Å². The summed E-state index contributed by atoms with van der Waals surface area (Å²) in [5.41, 5.74) is 7.99. The standard InChI is InChI=1S/C49H46N10O9S2/c1-29-23-42(30(2)22-41(29)54-53-40-19-12-34-27-36(15-18-38(34)49(40)60)51-50-35-13-16-37(67-6)17-14-35)55-56-43-24-32(4)44(25-31(43)3)57-59-46-26-33(5)45(28-47(46)68-20-9-21-69(61,62)63)58-52-39-10-7-8-11-48(39)70(64,65)66/h7-8,10-19,22-28,60H,9,20-21H2,1-6H3,(H,61,62,63)(H,64,65,66). The molecule has 21 heteroatoms. The third-order valence-electron chi connectivity index (χ3n) is 10.6. The molecule has 0 bridgehead atoms. The van der Waals surface area contributed by atoms with Crippen LogP contribution in [0, 0.1) is 34.6 Å². The van der Waals surface area contributed by atoms with E-state index in [1.54, 1.807) is 56.5 Å². The van der Waals surface area contributed by atoms with Crippen molar-refractivity contribution in [1.29, 1.82) is 0 Å². The first-order valence-electron chi connectivity index (χ1n) is 21.4. The number of phenols is 1. The lowest BCUT2D eigenvalue weighted by Gasteiger charge is -2.11. The summed E-state index contributed by atoms with van der Waals surface area (Å²) in [6.07, 6.45) is -0.0346. The normalized spacial score (nSPS) is 12.5. The SMILES string of the molecule is COc1ccc(N=Nc2ccc3c(O)c(N=Nc4cc(C)c(N=Nc5cc(C)c(N=Nc6cc(C)c(N=Nc7ccccc7S(=O)(=O)O)cc6OCCCS(=O)(=O)O)cc5C)cc4C)ccc3c2)cc1. The van der Waals surface area contributed by atoms with Crippen molar-refractivity contribution in [2.24, 2.45) is 51.1 Å². The van der Waals surface area contributed by atoms with Gasteiger partial charge in [-0.05, 0) is 165 Å². The number of methoxy groups -OCH3 is 1. The quantitative estimate of drug-likeness (QED) is 0.0444. The van der Waals surface area contributed by atoms with Gasteiger partial charge in [0.25, 0.3) is 20.2 Å². The predicted octanol–water partition coefficient (Wildman–Crippen LogP) is 15.1. The molecular weight excluding hydrogens is 937 g/mol. The van der Waals surface area contributed by atoms with Gasteiger partial charge in [-0.25, -0.2) is 0 Å². The van der Waals surface area contributed by atoms with E-state index < -0.39 is 30.9 Å². The largest absolute Gasteiger partial charge is 0.505 e. The Morgan fingerprint density at radius 3 is 1.50 bits per heavy atom. The molecule has 0 aromatic heterocycles. The Hall–Kier alpha value is -7.98. The number of hydrogen-bond acceptors (Lipinski definition) is 17. The maximum Gasteiger partial charge on any atom is 0.296 e.